The molecule has 2 aromatic carbocycles. The van der Waals surface area contributed by atoms with E-state index in [1.54, 1.807) is 0 Å². The van der Waals surface area contributed by atoms with Crippen LogP contribution in [0.3, 0.4) is 0 Å². The molecule has 190 valence electrons. The Morgan fingerprint density at radius 3 is 2.11 bits per heavy atom. The number of fused-ring (bicyclic) bond motifs is 1. The topological polar surface area (TPSA) is 49.8 Å². The van der Waals surface area contributed by atoms with Crippen LogP contribution < -0.4 is 0 Å². The maximum Gasteiger partial charge on any atom is 0.416 e. The Bertz CT molecular complexity index is 1050. The molecule has 2 fully saturated rings. The SMILES string of the molecule is C[C@@H](O[C@H]1CN2C(=O)CCC(O)C2[C@@H]1c1ccc(F)cc1)c1cc(C(F)(F)F)cc(C(F)(F)F)c1. The largest absolute Gasteiger partial charge is 0.416 e. The fraction of sp³-hybridized carbons (Fsp3) is 0.458. The molecular formula is C24H22F7NO3. The van der Waals surface area contributed by atoms with Crippen molar-refractivity contribution >= 4 is 5.91 Å². The number of aliphatic hydroxyl groups is 1. The van der Waals surface area contributed by atoms with Gasteiger partial charge in [-0.25, -0.2) is 4.39 Å². The number of aliphatic hydroxyl groups excluding tert-OH is 1. The van der Waals surface area contributed by atoms with Crippen LogP contribution in [-0.2, 0) is 21.9 Å². The van der Waals surface area contributed by atoms with Crippen molar-refractivity contribution in [1.82, 2.24) is 4.90 Å². The molecule has 2 unspecified atom stereocenters. The standard InChI is InChI=1S/C24H22F7NO3/c1-12(14-8-15(23(26,27)28)10-16(9-14)24(29,30)31)35-19-11-32-20(34)7-6-18(33)22(32)21(19)13-2-4-17(25)5-3-13/h2-5,8-10,12,18-19,21-22,33H,6-7,11H2,1H3/t12-,18?,19+,21-,22?/m1/s1. The quantitative estimate of drug-likeness (QED) is 0.562. The van der Waals surface area contributed by atoms with Crippen LogP contribution in [0.25, 0.3) is 0 Å². The van der Waals surface area contributed by atoms with Crippen molar-refractivity contribution in [2.45, 2.75) is 62.4 Å². The fourth-order valence-corrected chi connectivity index (χ4v) is 4.92. The molecule has 0 aromatic heterocycles. The molecule has 1 N–H and O–H groups in total. The van der Waals surface area contributed by atoms with Gasteiger partial charge in [0.25, 0.3) is 0 Å². The van der Waals surface area contributed by atoms with Gasteiger partial charge in [0.05, 0.1) is 35.5 Å². The molecule has 2 saturated heterocycles. The number of hydrogen-bond donors (Lipinski definition) is 1. The molecule has 11 heteroatoms. The summed E-state index contributed by atoms with van der Waals surface area (Å²) in [5.41, 5.74) is -2.71. The van der Waals surface area contributed by atoms with Crippen molar-refractivity contribution in [3.63, 3.8) is 0 Å². The molecule has 1 amide bonds. The molecule has 2 aliphatic heterocycles. The van der Waals surface area contributed by atoms with Gasteiger partial charge in [-0.1, -0.05) is 12.1 Å². The maximum absolute atomic E-state index is 13.5. The molecule has 5 atom stereocenters. The van der Waals surface area contributed by atoms with Gasteiger partial charge in [-0.15, -0.1) is 0 Å². The third-order valence-corrected chi connectivity index (χ3v) is 6.59. The number of halogens is 7. The van der Waals surface area contributed by atoms with Gasteiger partial charge in [-0.3, -0.25) is 4.79 Å². The molecule has 0 aliphatic carbocycles. The van der Waals surface area contributed by atoms with Crippen LogP contribution in [0.4, 0.5) is 30.7 Å². The molecule has 35 heavy (non-hydrogen) atoms. The van der Waals surface area contributed by atoms with Crippen LogP contribution in [0.1, 0.15) is 54.0 Å². The number of hydrogen-bond acceptors (Lipinski definition) is 3. The Hall–Kier alpha value is -2.66. The average molecular weight is 505 g/mol. The molecule has 0 spiro atoms. The van der Waals surface area contributed by atoms with Crippen LogP contribution in [0.2, 0.25) is 0 Å². The number of ether oxygens (including phenoxy) is 1. The molecule has 0 saturated carbocycles. The number of nitrogens with zero attached hydrogens (tertiary/aromatic N) is 1. The maximum atomic E-state index is 13.5. The molecule has 4 nitrogen and oxygen atoms in total. The summed E-state index contributed by atoms with van der Waals surface area (Å²) >= 11 is 0. The van der Waals surface area contributed by atoms with Gasteiger partial charge in [0.15, 0.2) is 0 Å². The molecule has 2 heterocycles. The van der Waals surface area contributed by atoms with E-state index < -0.39 is 59.6 Å². The van der Waals surface area contributed by atoms with E-state index in [0.29, 0.717) is 17.7 Å². The Labute approximate surface area is 196 Å². The Balaban J connectivity index is 1.70. The average Bonchev–Trinajstić information content (AvgIpc) is 3.15. The second-order valence-electron chi connectivity index (χ2n) is 8.88. The third kappa shape index (κ3) is 5.16. The van der Waals surface area contributed by atoms with Crippen LogP contribution in [0, 0.1) is 5.82 Å². The molecular weight excluding hydrogens is 483 g/mol. The summed E-state index contributed by atoms with van der Waals surface area (Å²) in [7, 11) is 0. The van der Waals surface area contributed by atoms with Crippen LogP contribution in [0.15, 0.2) is 42.5 Å². The van der Waals surface area contributed by atoms with Gasteiger partial charge >= 0.3 is 12.4 Å². The number of rotatable bonds is 4. The van der Waals surface area contributed by atoms with Gasteiger partial charge in [-0.2, -0.15) is 26.3 Å². The van der Waals surface area contributed by atoms with Crippen molar-refractivity contribution < 1.29 is 45.4 Å². The lowest BCUT2D eigenvalue weighted by atomic mass is 9.84. The molecule has 2 aromatic rings. The predicted molar refractivity (Wildman–Crippen MR) is 110 cm³/mol. The van der Waals surface area contributed by atoms with Crippen molar-refractivity contribution in [1.29, 1.82) is 0 Å². The first kappa shape index (κ1) is 25.4. The van der Waals surface area contributed by atoms with E-state index in [-0.39, 0.29) is 36.9 Å². The lowest BCUT2D eigenvalue weighted by molar-refractivity contribution is -0.143. The number of carbonyl (C=O) groups excluding carboxylic acids is 1. The molecule has 2 aliphatic rings. The highest BCUT2D eigenvalue weighted by molar-refractivity contribution is 5.78. The van der Waals surface area contributed by atoms with E-state index in [1.807, 2.05) is 0 Å². The Kier molecular flexibility index (Phi) is 6.60. The van der Waals surface area contributed by atoms with Crippen molar-refractivity contribution in [2.75, 3.05) is 6.54 Å². The minimum absolute atomic E-state index is 0.0158. The van der Waals surface area contributed by atoms with E-state index in [4.69, 9.17) is 4.74 Å². The zero-order valence-electron chi connectivity index (χ0n) is 18.4. The van der Waals surface area contributed by atoms with E-state index >= 15 is 0 Å². The van der Waals surface area contributed by atoms with Gasteiger partial charge in [0.2, 0.25) is 5.91 Å². The number of amides is 1. The van der Waals surface area contributed by atoms with Gasteiger partial charge < -0.3 is 14.7 Å². The first-order valence-electron chi connectivity index (χ1n) is 10.9. The summed E-state index contributed by atoms with van der Waals surface area (Å²) < 4.78 is 99.3. The van der Waals surface area contributed by atoms with Crippen molar-refractivity contribution in [3.8, 4) is 0 Å². The first-order valence-corrected chi connectivity index (χ1v) is 10.9. The summed E-state index contributed by atoms with van der Waals surface area (Å²) in [4.78, 5) is 13.9. The number of carbonyl (C=O) groups is 1. The highest BCUT2D eigenvalue weighted by Gasteiger charge is 2.51. The lowest BCUT2D eigenvalue weighted by Crippen LogP contribution is -2.49. The minimum Gasteiger partial charge on any atom is -0.391 e. The lowest BCUT2D eigenvalue weighted by Gasteiger charge is -2.36. The Morgan fingerprint density at radius 2 is 1.57 bits per heavy atom. The van der Waals surface area contributed by atoms with E-state index in [2.05, 4.69) is 0 Å². The number of alkyl halides is 6. The van der Waals surface area contributed by atoms with Crippen molar-refractivity contribution in [2.24, 2.45) is 0 Å². The van der Waals surface area contributed by atoms with E-state index in [9.17, 15) is 40.6 Å². The summed E-state index contributed by atoms with van der Waals surface area (Å²) in [6, 6.07) is 5.85. The smallest absolute Gasteiger partial charge is 0.391 e. The zero-order valence-corrected chi connectivity index (χ0v) is 18.4. The minimum atomic E-state index is -5.00. The first-order chi connectivity index (χ1) is 16.3. The predicted octanol–water partition coefficient (Wildman–Crippen LogP) is 5.46. The highest BCUT2D eigenvalue weighted by Crippen LogP contribution is 2.43. The van der Waals surface area contributed by atoms with Crippen LogP contribution in [-0.4, -0.2) is 40.7 Å². The van der Waals surface area contributed by atoms with Gasteiger partial charge in [-0.05, 0) is 54.8 Å². The van der Waals surface area contributed by atoms with Gasteiger partial charge in [0, 0.05) is 18.9 Å². The number of piperidine rings is 1. The summed E-state index contributed by atoms with van der Waals surface area (Å²) in [6.07, 6.45) is -12.7. The van der Waals surface area contributed by atoms with E-state index in [0.717, 1.165) is 0 Å². The third-order valence-electron chi connectivity index (χ3n) is 6.59. The second-order valence-corrected chi connectivity index (χ2v) is 8.88. The number of benzene rings is 2. The molecule has 4 rings (SSSR count). The van der Waals surface area contributed by atoms with E-state index in [1.165, 1.54) is 36.1 Å². The Morgan fingerprint density at radius 1 is 1.00 bits per heavy atom. The summed E-state index contributed by atoms with van der Waals surface area (Å²) in [5.74, 6) is -1.42. The van der Waals surface area contributed by atoms with Crippen LogP contribution in [0.5, 0.6) is 0 Å². The van der Waals surface area contributed by atoms with Crippen LogP contribution >= 0.6 is 0 Å². The highest BCUT2D eigenvalue weighted by atomic mass is 19.4. The van der Waals surface area contributed by atoms with Crippen molar-refractivity contribution in [3.05, 3.63) is 70.5 Å². The normalized spacial score (nSPS) is 26.1. The summed E-state index contributed by atoms with van der Waals surface area (Å²) in [6.45, 7) is 1.31. The monoisotopic (exact) mass is 505 g/mol. The van der Waals surface area contributed by atoms with Gasteiger partial charge in [0.1, 0.15) is 5.82 Å². The fourth-order valence-electron chi connectivity index (χ4n) is 4.92. The second kappa shape index (κ2) is 9.09. The zero-order chi connectivity index (χ0) is 25.7. The molecule has 0 bridgehead atoms. The molecule has 0 radical (unpaired) electrons. The summed E-state index contributed by atoms with van der Waals surface area (Å²) in [5, 5.41) is 10.6.